The van der Waals surface area contributed by atoms with E-state index >= 15 is 0 Å². The molecule has 0 saturated heterocycles. The van der Waals surface area contributed by atoms with Crippen LogP contribution in [-0.2, 0) is 19.6 Å². The number of halogens is 1. The van der Waals surface area contributed by atoms with Crippen LogP contribution in [0.1, 0.15) is 16.4 Å². The van der Waals surface area contributed by atoms with E-state index < -0.39 is 5.82 Å². The van der Waals surface area contributed by atoms with Gasteiger partial charge in [-0.05, 0) is 31.2 Å². The van der Waals surface area contributed by atoms with E-state index in [1.54, 1.807) is 23.6 Å². The molecular formula is C18H19FN4OS. The molecule has 25 heavy (non-hydrogen) atoms. The number of thiazole rings is 1. The van der Waals surface area contributed by atoms with Gasteiger partial charge in [-0.15, -0.1) is 11.3 Å². The van der Waals surface area contributed by atoms with Gasteiger partial charge in [-0.1, -0.05) is 0 Å². The van der Waals surface area contributed by atoms with Crippen LogP contribution in [0.5, 0.6) is 5.88 Å². The molecule has 4 rings (SSSR count). The first kappa shape index (κ1) is 16.2. The minimum atomic E-state index is -0.429. The van der Waals surface area contributed by atoms with Crippen molar-refractivity contribution >= 4 is 11.3 Å². The minimum Gasteiger partial charge on any atom is -0.469 e. The number of rotatable bonds is 4. The molecule has 1 unspecified atom stereocenters. The molecule has 0 amide bonds. The van der Waals surface area contributed by atoms with E-state index in [0.717, 1.165) is 23.8 Å². The summed E-state index contributed by atoms with van der Waals surface area (Å²) in [5, 5.41) is 3.15. The molecule has 7 heteroatoms. The van der Waals surface area contributed by atoms with Gasteiger partial charge in [-0.25, -0.2) is 14.4 Å². The summed E-state index contributed by atoms with van der Waals surface area (Å²) in [6.07, 6.45) is 3.41. The third-order valence-corrected chi connectivity index (χ3v) is 5.15. The topological polar surface area (TPSA) is 43.2 Å². The van der Waals surface area contributed by atoms with Gasteiger partial charge < -0.3 is 9.30 Å². The molecule has 1 aliphatic rings. The molecule has 0 N–H and O–H groups in total. The van der Waals surface area contributed by atoms with Crippen LogP contribution in [0, 0.1) is 12.7 Å². The maximum absolute atomic E-state index is 13.9. The fourth-order valence-electron chi connectivity index (χ4n) is 3.11. The Kier molecular flexibility index (Phi) is 4.50. The highest BCUT2D eigenvalue weighted by Crippen LogP contribution is 2.21. The van der Waals surface area contributed by atoms with Gasteiger partial charge in [0.15, 0.2) is 5.82 Å². The summed E-state index contributed by atoms with van der Waals surface area (Å²) in [5.41, 5.74) is 2.27. The highest BCUT2D eigenvalue weighted by molar-refractivity contribution is 7.09. The van der Waals surface area contributed by atoms with Crippen molar-refractivity contribution in [2.24, 2.45) is 0 Å². The summed E-state index contributed by atoms with van der Waals surface area (Å²) in [6.45, 7) is 4.94. The van der Waals surface area contributed by atoms with E-state index in [1.165, 1.54) is 11.8 Å². The summed E-state index contributed by atoms with van der Waals surface area (Å²) < 4.78 is 22.0. The lowest BCUT2D eigenvalue weighted by molar-refractivity contribution is 0.115. The van der Waals surface area contributed by atoms with Gasteiger partial charge >= 0.3 is 0 Å². The summed E-state index contributed by atoms with van der Waals surface area (Å²) in [4.78, 5) is 10.9. The van der Waals surface area contributed by atoms with E-state index in [9.17, 15) is 4.39 Å². The number of hydrogen-bond acceptors (Lipinski definition) is 5. The van der Waals surface area contributed by atoms with Crippen LogP contribution in [0.4, 0.5) is 4.39 Å². The molecular weight excluding hydrogens is 339 g/mol. The fourth-order valence-corrected chi connectivity index (χ4v) is 3.92. The first-order valence-corrected chi connectivity index (χ1v) is 9.10. The molecule has 1 aliphatic heterocycles. The molecule has 3 aromatic heterocycles. The predicted octanol–water partition coefficient (Wildman–Crippen LogP) is 3.25. The van der Waals surface area contributed by atoms with Crippen molar-refractivity contribution in [2.45, 2.75) is 32.7 Å². The maximum Gasteiger partial charge on any atom is 0.250 e. The zero-order chi connectivity index (χ0) is 17.2. The predicted molar refractivity (Wildman–Crippen MR) is 94.0 cm³/mol. The smallest absolute Gasteiger partial charge is 0.250 e. The largest absolute Gasteiger partial charge is 0.469 e. The monoisotopic (exact) mass is 358 g/mol. The zero-order valence-corrected chi connectivity index (χ0v) is 14.7. The second-order valence-electron chi connectivity index (χ2n) is 6.23. The molecule has 130 valence electrons. The van der Waals surface area contributed by atoms with Gasteiger partial charge in [-0.3, -0.25) is 4.90 Å². The lowest BCUT2D eigenvalue weighted by Crippen LogP contribution is -2.35. The van der Waals surface area contributed by atoms with Gasteiger partial charge in [-0.2, -0.15) is 0 Å². The van der Waals surface area contributed by atoms with Crippen molar-refractivity contribution in [1.82, 2.24) is 19.4 Å². The van der Waals surface area contributed by atoms with Crippen LogP contribution in [-0.4, -0.2) is 32.1 Å². The highest BCUT2D eigenvalue weighted by atomic mass is 32.1. The molecule has 3 aromatic rings. The molecule has 0 aliphatic carbocycles. The number of nitrogens with zero attached hydrogens (tertiary/aromatic N) is 4. The first-order chi connectivity index (χ1) is 12.2. The Hall–Kier alpha value is -2.25. The second-order valence-corrected chi connectivity index (χ2v) is 7.18. The van der Waals surface area contributed by atoms with Crippen molar-refractivity contribution < 1.29 is 9.13 Å². The van der Waals surface area contributed by atoms with Crippen molar-refractivity contribution in [1.29, 1.82) is 0 Å². The lowest BCUT2D eigenvalue weighted by atomic mass is 10.3. The maximum atomic E-state index is 13.9. The number of fused-ring (bicyclic) bond motifs is 1. The summed E-state index contributed by atoms with van der Waals surface area (Å²) >= 11 is 1.67. The summed E-state index contributed by atoms with van der Waals surface area (Å²) in [7, 11) is 0. The standard InChI is InChI=1S/C18H19FN4OS/c1-13-12-25-17(21-13)11-22-8-14-4-3-7-23(14)10-15(9-22)24-18-16(19)5-2-6-20-18/h2-7,12,15H,8-11H2,1H3. The van der Waals surface area contributed by atoms with E-state index in [-0.39, 0.29) is 12.0 Å². The van der Waals surface area contributed by atoms with E-state index in [1.807, 2.05) is 19.2 Å². The van der Waals surface area contributed by atoms with Gasteiger partial charge in [0.25, 0.3) is 5.88 Å². The fraction of sp³-hybridized carbons (Fsp3) is 0.333. The van der Waals surface area contributed by atoms with Gasteiger partial charge in [0.2, 0.25) is 0 Å². The average molecular weight is 358 g/mol. The SMILES string of the molecule is Cc1csc(CN2Cc3cccn3CC(Oc3ncccc3F)C2)n1. The molecule has 5 nitrogen and oxygen atoms in total. The van der Waals surface area contributed by atoms with Gasteiger partial charge in [0, 0.05) is 42.3 Å². The van der Waals surface area contributed by atoms with E-state index in [4.69, 9.17) is 4.74 Å². The third kappa shape index (κ3) is 3.72. The van der Waals surface area contributed by atoms with Crippen molar-refractivity contribution in [3.05, 3.63) is 64.3 Å². The first-order valence-electron chi connectivity index (χ1n) is 8.22. The molecule has 1 atom stereocenters. The minimum absolute atomic E-state index is 0.0631. The Morgan fingerprint density at radius 3 is 3.04 bits per heavy atom. The van der Waals surface area contributed by atoms with Gasteiger partial charge in [0.05, 0.1) is 13.1 Å². The normalized spacial score (nSPS) is 17.9. The molecule has 4 heterocycles. The highest BCUT2D eigenvalue weighted by Gasteiger charge is 2.24. The Balaban J connectivity index is 1.55. The van der Waals surface area contributed by atoms with Crippen molar-refractivity contribution in [2.75, 3.05) is 6.54 Å². The van der Waals surface area contributed by atoms with E-state index in [0.29, 0.717) is 13.1 Å². The number of hydrogen-bond donors (Lipinski definition) is 0. The molecule has 0 fully saturated rings. The summed E-state index contributed by atoms with van der Waals surface area (Å²) in [5.74, 6) is -0.366. The number of pyridine rings is 1. The van der Waals surface area contributed by atoms with Crippen LogP contribution >= 0.6 is 11.3 Å². The quantitative estimate of drug-likeness (QED) is 0.718. The van der Waals surface area contributed by atoms with Gasteiger partial charge in [0.1, 0.15) is 11.1 Å². The Morgan fingerprint density at radius 1 is 1.32 bits per heavy atom. The van der Waals surface area contributed by atoms with Crippen LogP contribution in [0.2, 0.25) is 0 Å². The summed E-state index contributed by atoms with van der Waals surface area (Å²) in [6, 6.07) is 7.08. The Labute approximate surface area is 149 Å². The van der Waals surface area contributed by atoms with Crippen molar-refractivity contribution in [3.63, 3.8) is 0 Å². The zero-order valence-electron chi connectivity index (χ0n) is 13.9. The molecule has 0 saturated carbocycles. The molecule has 0 radical (unpaired) electrons. The Morgan fingerprint density at radius 2 is 2.24 bits per heavy atom. The number of aryl methyl sites for hydroxylation is 1. The second kappa shape index (κ2) is 6.93. The van der Waals surface area contributed by atoms with Crippen LogP contribution in [0.15, 0.2) is 42.0 Å². The molecule has 0 spiro atoms. The van der Waals surface area contributed by atoms with Crippen LogP contribution < -0.4 is 4.74 Å². The van der Waals surface area contributed by atoms with Crippen LogP contribution in [0.25, 0.3) is 0 Å². The van der Waals surface area contributed by atoms with Crippen molar-refractivity contribution in [3.8, 4) is 5.88 Å². The lowest BCUT2D eigenvalue weighted by Gasteiger charge is -2.23. The molecule has 0 bridgehead atoms. The number of ether oxygens (including phenoxy) is 1. The van der Waals surface area contributed by atoms with E-state index in [2.05, 4.69) is 30.9 Å². The van der Waals surface area contributed by atoms with Crippen LogP contribution in [0.3, 0.4) is 0 Å². The molecule has 0 aromatic carbocycles. The third-order valence-electron chi connectivity index (χ3n) is 4.20. The number of aromatic nitrogens is 3. The average Bonchev–Trinajstić information content (AvgIpc) is 3.15. The Bertz CT molecular complexity index is 862.